The fraction of sp³-hybridized carbons (Fsp3) is 0.238. The van der Waals surface area contributed by atoms with Crippen LogP contribution in [-0.4, -0.2) is 37.2 Å². The molecule has 4 aromatic rings. The second-order valence-corrected chi connectivity index (χ2v) is 7.96. The Labute approximate surface area is 181 Å². The number of rotatable bonds is 6. The molecule has 0 radical (unpaired) electrons. The molecule has 2 aromatic carbocycles. The van der Waals surface area contributed by atoms with Gasteiger partial charge >= 0.3 is 0 Å². The van der Waals surface area contributed by atoms with E-state index < -0.39 is 0 Å². The van der Waals surface area contributed by atoms with Crippen molar-refractivity contribution < 1.29 is 9.53 Å². The Morgan fingerprint density at radius 3 is 2.83 bits per heavy atom. The molecule has 0 bridgehead atoms. The average Bonchev–Trinajstić information content (AvgIpc) is 3.38. The first-order valence-corrected chi connectivity index (χ1v) is 10.4. The fourth-order valence-corrected chi connectivity index (χ4v) is 3.56. The van der Waals surface area contributed by atoms with Crippen LogP contribution >= 0.6 is 15.9 Å². The molecule has 2 heterocycles. The van der Waals surface area contributed by atoms with Crippen molar-refractivity contribution in [3.8, 4) is 17.1 Å². The van der Waals surface area contributed by atoms with E-state index in [-0.39, 0.29) is 12.0 Å². The van der Waals surface area contributed by atoms with Crippen LogP contribution in [0.15, 0.2) is 46.9 Å². The largest absolute Gasteiger partial charge is 0.491 e. The predicted octanol–water partition coefficient (Wildman–Crippen LogP) is 4.55. The van der Waals surface area contributed by atoms with Gasteiger partial charge in [0.05, 0.1) is 17.3 Å². The number of ether oxygens (including phenoxy) is 1. The topological polar surface area (TPSA) is 97.7 Å². The van der Waals surface area contributed by atoms with Crippen LogP contribution in [0.3, 0.4) is 0 Å². The highest BCUT2D eigenvalue weighted by Gasteiger charge is 2.17. The molecule has 9 heteroatoms. The van der Waals surface area contributed by atoms with Crippen molar-refractivity contribution in [1.82, 2.24) is 25.2 Å². The second kappa shape index (κ2) is 8.27. The molecule has 0 spiro atoms. The van der Waals surface area contributed by atoms with Crippen LogP contribution in [0.4, 0.5) is 5.69 Å². The van der Waals surface area contributed by atoms with Gasteiger partial charge in [0, 0.05) is 28.5 Å². The van der Waals surface area contributed by atoms with E-state index in [1.165, 1.54) is 0 Å². The Balaban J connectivity index is 1.65. The Morgan fingerprint density at radius 2 is 2.10 bits per heavy atom. The fourth-order valence-electron chi connectivity index (χ4n) is 3.20. The molecule has 154 valence electrons. The average molecular weight is 469 g/mol. The summed E-state index contributed by atoms with van der Waals surface area (Å²) in [6, 6.07) is 13.2. The van der Waals surface area contributed by atoms with Gasteiger partial charge in [-0.25, -0.2) is 5.10 Å². The van der Waals surface area contributed by atoms with Gasteiger partial charge in [0.25, 0.3) is 5.91 Å². The maximum atomic E-state index is 13.1. The summed E-state index contributed by atoms with van der Waals surface area (Å²) in [4.78, 5) is 13.1. The summed E-state index contributed by atoms with van der Waals surface area (Å²) in [5.74, 6) is 1.03. The number of H-pyrrole nitrogens is 1. The maximum Gasteiger partial charge on any atom is 0.272 e. The molecule has 2 aromatic heterocycles. The quantitative estimate of drug-likeness (QED) is 0.432. The third kappa shape index (κ3) is 3.93. The van der Waals surface area contributed by atoms with Crippen molar-refractivity contribution in [2.24, 2.45) is 7.05 Å². The highest BCUT2D eigenvalue weighted by atomic mass is 79.9. The van der Waals surface area contributed by atoms with Gasteiger partial charge in [-0.3, -0.25) is 4.79 Å². The molecular formula is C21H21BrN6O2. The summed E-state index contributed by atoms with van der Waals surface area (Å²) in [5, 5.41) is 17.9. The summed E-state index contributed by atoms with van der Waals surface area (Å²) >= 11 is 3.45. The molecule has 0 aliphatic rings. The van der Waals surface area contributed by atoms with E-state index in [2.05, 4.69) is 48.8 Å². The lowest BCUT2D eigenvalue weighted by Crippen LogP contribution is -2.16. The highest BCUT2D eigenvalue weighted by Crippen LogP contribution is 2.30. The summed E-state index contributed by atoms with van der Waals surface area (Å²) < 4.78 is 8.64. The lowest BCUT2D eigenvalue weighted by Gasteiger charge is -2.13. The number of halogens is 1. The van der Waals surface area contributed by atoms with Crippen LogP contribution in [0.1, 0.15) is 30.8 Å². The first-order chi connectivity index (χ1) is 14.5. The number of aromatic amines is 1. The Bertz CT molecular complexity index is 1200. The minimum Gasteiger partial charge on any atom is -0.491 e. The molecule has 30 heavy (non-hydrogen) atoms. The van der Waals surface area contributed by atoms with Crippen molar-refractivity contribution >= 4 is 38.4 Å². The SMILES string of the molecule is CCC(C)Oc1ccc2cc(C(=O)Nc3ccc(Br)cc3-c3nnn[nH]3)n(C)c2c1. The normalized spacial score (nSPS) is 12.1. The van der Waals surface area contributed by atoms with Gasteiger partial charge in [-0.2, -0.15) is 0 Å². The summed E-state index contributed by atoms with van der Waals surface area (Å²) in [6.45, 7) is 4.12. The second-order valence-electron chi connectivity index (χ2n) is 7.04. The van der Waals surface area contributed by atoms with Gasteiger partial charge in [0.2, 0.25) is 0 Å². The van der Waals surface area contributed by atoms with E-state index in [0.717, 1.165) is 27.5 Å². The monoisotopic (exact) mass is 468 g/mol. The van der Waals surface area contributed by atoms with Gasteiger partial charge in [0.1, 0.15) is 11.4 Å². The minimum absolute atomic E-state index is 0.131. The van der Waals surface area contributed by atoms with Crippen LogP contribution in [0.25, 0.3) is 22.3 Å². The number of benzene rings is 2. The number of fused-ring (bicyclic) bond motifs is 1. The van der Waals surface area contributed by atoms with Crippen LogP contribution in [0.5, 0.6) is 5.75 Å². The number of hydrogen-bond donors (Lipinski definition) is 2. The summed E-state index contributed by atoms with van der Waals surface area (Å²) in [5.41, 5.74) is 2.75. The van der Waals surface area contributed by atoms with Gasteiger partial charge in [-0.1, -0.05) is 22.9 Å². The van der Waals surface area contributed by atoms with Crippen molar-refractivity contribution in [1.29, 1.82) is 0 Å². The zero-order chi connectivity index (χ0) is 21.3. The van der Waals surface area contributed by atoms with Crippen molar-refractivity contribution in [2.45, 2.75) is 26.4 Å². The van der Waals surface area contributed by atoms with Gasteiger partial charge in [-0.15, -0.1) is 5.10 Å². The first-order valence-electron chi connectivity index (χ1n) is 9.57. The number of carbonyl (C=O) groups is 1. The predicted molar refractivity (Wildman–Crippen MR) is 119 cm³/mol. The molecule has 0 saturated heterocycles. The Hall–Kier alpha value is -3.20. The molecule has 8 nitrogen and oxygen atoms in total. The number of hydrogen-bond acceptors (Lipinski definition) is 5. The Morgan fingerprint density at radius 1 is 1.27 bits per heavy atom. The number of amides is 1. The zero-order valence-electron chi connectivity index (χ0n) is 16.8. The highest BCUT2D eigenvalue weighted by molar-refractivity contribution is 9.10. The lowest BCUT2D eigenvalue weighted by atomic mass is 10.1. The third-order valence-electron chi connectivity index (χ3n) is 4.99. The molecule has 1 atom stereocenters. The molecule has 0 aliphatic heterocycles. The van der Waals surface area contributed by atoms with Gasteiger partial charge in [0.15, 0.2) is 5.82 Å². The number of aryl methyl sites for hydroxylation is 1. The van der Waals surface area contributed by atoms with Gasteiger partial charge in [-0.05, 0) is 60.2 Å². The van der Waals surface area contributed by atoms with E-state index in [1.54, 1.807) is 6.07 Å². The standard InChI is InChI=1S/C21H21BrN6O2/c1-4-12(2)30-15-7-5-13-9-19(28(3)18(13)11-15)21(29)23-17-8-6-14(22)10-16(17)20-24-26-27-25-20/h5-12H,4H2,1-3H3,(H,23,29)(H,24,25,26,27). The molecule has 2 N–H and O–H groups in total. The molecule has 0 fully saturated rings. The molecule has 1 amide bonds. The van der Waals surface area contributed by atoms with E-state index in [1.807, 2.05) is 54.9 Å². The molecule has 1 unspecified atom stereocenters. The van der Waals surface area contributed by atoms with Crippen LogP contribution < -0.4 is 10.1 Å². The maximum absolute atomic E-state index is 13.1. The summed E-state index contributed by atoms with van der Waals surface area (Å²) in [7, 11) is 1.87. The molecule has 0 aliphatic carbocycles. The first kappa shape index (κ1) is 20.1. The number of nitrogens with zero attached hydrogens (tertiary/aromatic N) is 4. The smallest absolute Gasteiger partial charge is 0.272 e. The minimum atomic E-state index is -0.228. The van der Waals surface area contributed by atoms with Crippen LogP contribution in [0, 0.1) is 0 Å². The van der Waals surface area contributed by atoms with Crippen LogP contribution in [0.2, 0.25) is 0 Å². The number of anilines is 1. The number of aromatic nitrogens is 5. The third-order valence-corrected chi connectivity index (χ3v) is 5.49. The van der Waals surface area contributed by atoms with E-state index >= 15 is 0 Å². The molecule has 0 saturated carbocycles. The molecule has 4 rings (SSSR count). The van der Waals surface area contributed by atoms with E-state index in [9.17, 15) is 4.79 Å². The number of nitrogens with one attached hydrogen (secondary N) is 2. The van der Waals surface area contributed by atoms with Gasteiger partial charge < -0.3 is 14.6 Å². The van der Waals surface area contributed by atoms with Crippen molar-refractivity contribution in [3.63, 3.8) is 0 Å². The zero-order valence-corrected chi connectivity index (χ0v) is 18.4. The van der Waals surface area contributed by atoms with Crippen LogP contribution in [-0.2, 0) is 7.05 Å². The number of carbonyl (C=O) groups excluding carboxylic acids is 1. The summed E-state index contributed by atoms with van der Waals surface area (Å²) in [6.07, 6.45) is 1.06. The van der Waals surface area contributed by atoms with E-state index in [0.29, 0.717) is 22.8 Å². The lowest BCUT2D eigenvalue weighted by molar-refractivity contribution is 0.101. The Kier molecular flexibility index (Phi) is 5.54. The molecular weight excluding hydrogens is 448 g/mol. The van der Waals surface area contributed by atoms with E-state index in [4.69, 9.17) is 4.74 Å². The van der Waals surface area contributed by atoms with Crippen molar-refractivity contribution in [3.05, 3.63) is 52.6 Å². The van der Waals surface area contributed by atoms with Crippen molar-refractivity contribution in [2.75, 3.05) is 5.32 Å². The number of tetrazole rings is 1.